The molecule has 128 valence electrons. The Hall–Kier alpha value is -2.89. The summed E-state index contributed by atoms with van der Waals surface area (Å²) >= 11 is 0. The molecule has 0 radical (unpaired) electrons. The molecule has 0 unspecified atom stereocenters. The molecule has 1 N–H and O–H groups in total. The Morgan fingerprint density at radius 2 is 1.96 bits per heavy atom. The molecule has 2 aliphatic heterocycles. The second-order valence-electron chi connectivity index (χ2n) is 6.37. The van der Waals surface area contributed by atoms with E-state index in [0.29, 0.717) is 12.4 Å². The molecule has 4 rings (SSSR count). The Bertz CT molecular complexity index is 823. The highest BCUT2D eigenvalue weighted by atomic mass is 16.2. The third-order valence-corrected chi connectivity index (χ3v) is 5.00. The summed E-state index contributed by atoms with van der Waals surface area (Å²) in [6.07, 6.45) is 1.33. The van der Waals surface area contributed by atoms with Crippen molar-refractivity contribution in [2.75, 3.05) is 21.7 Å². The summed E-state index contributed by atoms with van der Waals surface area (Å²) in [6.45, 7) is 4.26. The van der Waals surface area contributed by atoms with Gasteiger partial charge >= 0.3 is 0 Å². The van der Waals surface area contributed by atoms with Gasteiger partial charge in [-0.3, -0.25) is 14.5 Å². The molecule has 1 fully saturated rings. The van der Waals surface area contributed by atoms with Gasteiger partial charge in [-0.25, -0.2) is 4.98 Å². The molecule has 1 saturated heterocycles. The molecule has 3 atom stereocenters. The van der Waals surface area contributed by atoms with Crippen molar-refractivity contribution in [1.29, 1.82) is 0 Å². The largest absolute Gasteiger partial charge is 0.362 e. The Morgan fingerprint density at radius 1 is 1.20 bits per heavy atom. The quantitative estimate of drug-likeness (QED) is 0.871. The second kappa shape index (κ2) is 5.88. The Morgan fingerprint density at radius 3 is 2.64 bits per heavy atom. The lowest BCUT2D eigenvalue weighted by Crippen LogP contribution is -2.55. The molecule has 0 aliphatic carbocycles. The standard InChI is InChI=1S/C19H20N4O2/c1-3-22-14-9-5-4-8-13(14)21-18-17(22)16(12(2)24)19(25)23(18)15-10-6-7-11-20-15/h4-11,16-18,21H,3H2,1-2H3/t16-,17-,18+/m0/s1. The monoisotopic (exact) mass is 336 g/mol. The molecule has 0 saturated carbocycles. The number of nitrogens with one attached hydrogen (secondary N) is 1. The average Bonchev–Trinajstić information content (AvgIpc) is 2.92. The number of para-hydroxylation sites is 2. The third kappa shape index (κ3) is 2.28. The highest BCUT2D eigenvalue weighted by molar-refractivity contribution is 6.12. The number of Topliss-reactive ketones (excluding diaryl/α,β-unsaturated/α-hetero) is 1. The van der Waals surface area contributed by atoms with Crippen LogP contribution in [-0.2, 0) is 9.59 Å². The summed E-state index contributed by atoms with van der Waals surface area (Å²) in [7, 11) is 0. The van der Waals surface area contributed by atoms with E-state index in [0.717, 1.165) is 11.4 Å². The number of hydrogen-bond donors (Lipinski definition) is 1. The first-order chi connectivity index (χ1) is 12.1. The van der Waals surface area contributed by atoms with Gasteiger partial charge in [-0.1, -0.05) is 18.2 Å². The molecule has 1 aromatic heterocycles. The molecule has 2 aromatic rings. The first-order valence-electron chi connectivity index (χ1n) is 8.50. The molecular weight excluding hydrogens is 316 g/mol. The molecular formula is C19H20N4O2. The van der Waals surface area contributed by atoms with E-state index < -0.39 is 5.92 Å². The number of anilines is 3. The van der Waals surface area contributed by atoms with E-state index in [1.165, 1.54) is 6.92 Å². The van der Waals surface area contributed by atoms with Crippen molar-refractivity contribution in [1.82, 2.24) is 4.98 Å². The number of pyridine rings is 1. The molecule has 0 bridgehead atoms. The van der Waals surface area contributed by atoms with Crippen LogP contribution in [-0.4, -0.2) is 35.4 Å². The van der Waals surface area contributed by atoms with Gasteiger partial charge in [0.1, 0.15) is 23.7 Å². The van der Waals surface area contributed by atoms with Crippen LogP contribution in [0.2, 0.25) is 0 Å². The minimum Gasteiger partial charge on any atom is -0.362 e. The summed E-state index contributed by atoms with van der Waals surface area (Å²) in [5.74, 6) is -0.444. The first-order valence-corrected chi connectivity index (χ1v) is 8.50. The predicted molar refractivity (Wildman–Crippen MR) is 96.6 cm³/mol. The molecule has 1 aromatic carbocycles. The van der Waals surface area contributed by atoms with E-state index in [1.807, 2.05) is 43.3 Å². The zero-order valence-electron chi connectivity index (χ0n) is 14.2. The Balaban J connectivity index is 1.86. The van der Waals surface area contributed by atoms with Crippen LogP contribution in [0.1, 0.15) is 13.8 Å². The average molecular weight is 336 g/mol. The summed E-state index contributed by atoms with van der Waals surface area (Å²) in [4.78, 5) is 33.6. The molecule has 3 heterocycles. The maximum absolute atomic E-state index is 13.1. The first kappa shape index (κ1) is 15.6. The van der Waals surface area contributed by atoms with Crippen LogP contribution in [0.15, 0.2) is 48.7 Å². The number of benzene rings is 1. The van der Waals surface area contributed by atoms with E-state index in [1.54, 1.807) is 17.2 Å². The molecule has 1 amide bonds. The van der Waals surface area contributed by atoms with E-state index in [9.17, 15) is 9.59 Å². The predicted octanol–water partition coefficient (Wildman–Crippen LogP) is 2.28. The van der Waals surface area contributed by atoms with Crippen LogP contribution in [0, 0.1) is 5.92 Å². The van der Waals surface area contributed by atoms with Crippen LogP contribution in [0.25, 0.3) is 0 Å². The lowest BCUT2D eigenvalue weighted by Gasteiger charge is -2.43. The van der Waals surface area contributed by atoms with Crippen LogP contribution in [0.3, 0.4) is 0 Å². The number of aromatic nitrogens is 1. The van der Waals surface area contributed by atoms with Gasteiger partial charge in [-0.05, 0) is 38.1 Å². The lowest BCUT2D eigenvalue weighted by atomic mass is 9.93. The van der Waals surface area contributed by atoms with Gasteiger partial charge in [0.25, 0.3) is 0 Å². The maximum atomic E-state index is 13.1. The second-order valence-corrected chi connectivity index (χ2v) is 6.37. The molecule has 0 spiro atoms. The van der Waals surface area contributed by atoms with Crippen molar-refractivity contribution in [3.05, 3.63) is 48.7 Å². The number of carbonyl (C=O) groups is 2. The van der Waals surface area contributed by atoms with Crippen LogP contribution in [0.5, 0.6) is 0 Å². The van der Waals surface area contributed by atoms with E-state index >= 15 is 0 Å². The minimum absolute atomic E-state index is 0.113. The van der Waals surface area contributed by atoms with Gasteiger partial charge in [-0.15, -0.1) is 0 Å². The SMILES string of the molecule is CCN1c2ccccc2N[C@H]2[C@@H]1[C@H](C(C)=O)C(=O)N2c1ccccn1. The van der Waals surface area contributed by atoms with Gasteiger partial charge in [0.15, 0.2) is 0 Å². The summed E-state index contributed by atoms with van der Waals surface area (Å²) < 4.78 is 0. The normalized spacial score (nSPS) is 24.6. The molecule has 6 heteroatoms. The van der Waals surface area contributed by atoms with E-state index in [2.05, 4.69) is 15.2 Å². The number of amides is 1. The molecule has 25 heavy (non-hydrogen) atoms. The van der Waals surface area contributed by atoms with Crippen molar-refractivity contribution in [2.24, 2.45) is 5.92 Å². The summed E-state index contributed by atoms with van der Waals surface area (Å²) in [5.41, 5.74) is 1.98. The number of carbonyl (C=O) groups excluding carboxylic acids is 2. The van der Waals surface area contributed by atoms with Crippen molar-refractivity contribution >= 4 is 28.9 Å². The van der Waals surface area contributed by atoms with Crippen molar-refractivity contribution in [3.63, 3.8) is 0 Å². The third-order valence-electron chi connectivity index (χ3n) is 5.00. The van der Waals surface area contributed by atoms with Gasteiger partial charge in [0, 0.05) is 12.7 Å². The number of ketones is 1. The number of hydrogen-bond acceptors (Lipinski definition) is 5. The Kier molecular flexibility index (Phi) is 3.67. The van der Waals surface area contributed by atoms with Crippen LogP contribution >= 0.6 is 0 Å². The highest BCUT2D eigenvalue weighted by Crippen LogP contribution is 2.42. The highest BCUT2D eigenvalue weighted by Gasteiger charge is 2.55. The fraction of sp³-hybridized carbons (Fsp3) is 0.316. The Labute approximate surface area is 146 Å². The topological polar surface area (TPSA) is 65.5 Å². The van der Waals surface area contributed by atoms with E-state index in [-0.39, 0.29) is 23.9 Å². The lowest BCUT2D eigenvalue weighted by molar-refractivity contribution is -0.129. The number of likely N-dealkylation sites (N-methyl/N-ethyl adjacent to an activating group) is 1. The van der Waals surface area contributed by atoms with Gasteiger partial charge < -0.3 is 10.2 Å². The molecule has 2 aliphatic rings. The molecule has 6 nitrogen and oxygen atoms in total. The summed E-state index contributed by atoms with van der Waals surface area (Å²) in [6, 6.07) is 13.2. The zero-order chi connectivity index (χ0) is 17.6. The van der Waals surface area contributed by atoms with Crippen LogP contribution in [0.4, 0.5) is 17.2 Å². The smallest absolute Gasteiger partial charge is 0.242 e. The van der Waals surface area contributed by atoms with Crippen LogP contribution < -0.4 is 15.1 Å². The number of fused-ring (bicyclic) bond motifs is 2. The van der Waals surface area contributed by atoms with Gasteiger partial charge in [0.2, 0.25) is 5.91 Å². The minimum atomic E-state index is -0.701. The van der Waals surface area contributed by atoms with Gasteiger partial charge in [0.05, 0.1) is 17.4 Å². The maximum Gasteiger partial charge on any atom is 0.242 e. The van der Waals surface area contributed by atoms with Crippen molar-refractivity contribution in [2.45, 2.75) is 26.1 Å². The van der Waals surface area contributed by atoms with Crippen molar-refractivity contribution in [3.8, 4) is 0 Å². The van der Waals surface area contributed by atoms with Gasteiger partial charge in [-0.2, -0.15) is 0 Å². The number of rotatable bonds is 3. The number of nitrogens with zero attached hydrogens (tertiary/aromatic N) is 3. The van der Waals surface area contributed by atoms with Crippen molar-refractivity contribution < 1.29 is 9.59 Å². The fourth-order valence-corrected chi connectivity index (χ4v) is 3.98. The fourth-order valence-electron chi connectivity index (χ4n) is 3.98. The zero-order valence-corrected chi connectivity index (χ0v) is 14.2. The summed E-state index contributed by atoms with van der Waals surface area (Å²) in [5, 5.41) is 3.46. The van der Waals surface area contributed by atoms with E-state index in [4.69, 9.17) is 0 Å².